The van der Waals surface area contributed by atoms with Crippen LogP contribution in [0.4, 0.5) is 0 Å². The third kappa shape index (κ3) is 2.78. The molecule has 0 bridgehead atoms. The SMILES string of the molecule is COC(=O)C1(C)C[C@H](O)CN1S(=O)(=O)c1cccc(Cl)c1. The van der Waals surface area contributed by atoms with Crippen LogP contribution in [0.3, 0.4) is 0 Å². The Labute approximate surface area is 128 Å². The van der Waals surface area contributed by atoms with Crippen LogP contribution in [0, 0.1) is 0 Å². The van der Waals surface area contributed by atoms with Crippen LogP contribution in [0.25, 0.3) is 0 Å². The van der Waals surface area contributed by atoms with E-state index in [1.54, 1.807) is 6.07 Å². The number of halogens is 1. The highest BCUT2D eigenvalue weighted by atomic mass is 35.5. The van der Waals surface area contributed by atoms with Crippen LogP contribution in [-0.2, 0) is 19.6 Å². The number of esters is 1. The van der Waals surface area contributed by atoms with Crippen LogP contribution in [-0.4, -0.2) is 49.1 Å². The van der Waals surface area contributed by atoms with Gasteiger partial charge >= 0.3 is 5.97 Å². The van der Waals surface area contributed by atoms with E-state index >= 15 is 0 Å². The van der Waals surface area contributed by atoms with Crippen LogP contribution in [0.2, 0.25) is 5.02 Å². The van der Waals surface area contributed by atoms with Gasteiger partial charge in [-0.1, -0.05) is 17.7 Å². The maximum absolute atomic E-state index is 12.7. The number of carbonyl (C=O) groups excluding carboxylic acids is 1. The molecule has 1 aromatic rings. The topological polar surface area (TPSA) is 83.9 Å². The van der Waals surface area contributed by atoms with Crippen molar-refractivity contribution in [3.8, 4) is 0 Å². The molecule has 1 saturated heterocycles. The number of methoxy groups -OCH3 is 1. The standard InChI is InChI=1S/C13H16ClNO5S/c1-13(12(17)20-2)7-10(16)8-15(13)21(18,19)11-5-3-4-9(14)6-11/h3-6,10,16H,7-8H2,1-2H3/t10-,13?/m0/s1. The molecule has 1 N–H and O–H groups in total. The van der Waals surface area contributed by atoms with Gasteiger partial charge in [-0.25, -0.2) is 8.42 Å². The van der Waals surface area contributed by atoms with Crippen LogP contribution in [0.15, 0.2) is 29.2 Å². The van der Waals surface area contributed by atoms with Gasteiger partial charge in [-0.05, 0) is 25.1 Å². The van der Waals surface area contributed by atoms with Crippen molar-refractivity contribution in [1.82, 2.24) is 4.31 Å². The van der Waals surface area contributed by atoms with Crippen molar-refractivity contribution in [3.63, 3.8) is 0 Å². The average molecular weight is 334 g/mol. The predicted molar refractivity (Wildman–Crippen MR) is 76.4 cm³/mol. The Morgan fingerprint density at radius 1 is 1.52 bits per heavy atom. The molecule has 1 aliphatic rings. The van der Waals surface area contributed by atoms with Crippen LogP contribution in [0.5, 0.6) is 0 Å². The lowest BCUT2D eigenvalue weighted by atomic mass is 10.00. The van der Waals surface area contributed by atoms with Gasteiger partial charge in [0, 0.05) is 18.0 Å². The van der Waals surface area contributed by atoms with E-state index in [9.17, 15) is 18.3 Å². The highest BCUT2D eigenvalue weighted by molar-refractivity contribution is 7.89. The molecule has 2 atom stereocenters. The van der Waals surface area contributed by atoms with E-state index < -0.39 is 27.6 Å². The van der Waals surface area contributed by atoms with Crippen molar-refractivity contribution in [1.29, 1.82) is 0 Å². The molecule has 6 nitrogen and oxygen atoms in total. The molecule has 116 valence electrons. The minimum Gasteiger partial charge on any atom is -0.468 e. The summed E-state index contributed by atoms with van der Waals surface area (Å²) >= 11 is 5.82. The molecule has 1 fully saturated rings. The normalized spacial score (nSPS) is 26.8. The number of sulfonamides is 1. The fourth-order valence-electron chi connectivity index (χ4n) is 2.54. The van der Waals surface area contributed by atoms with Crippen molar-refractivity contribution in [2.45, 2.75) is 29.9 Å². The van der Waals surface area contributed by atoms with Crippen LogP contribution < -0.4 is 0 Å². The number of carbonyl (C=O) groups is 1. The molecule has 21 heavy (non-hydrogen) atoms. The molecule has 0 amide bonds. The van der Waals surface area contributed by atoms with E-state index in [4.69, 9.17) is 11.6 Å². The minimum atomic E-state index is -3.97. The Kier molecular flexibility index (Phi) is 4.30. The smallest absolute Gasteiger partial charge is 0.327 e. The molecule has 1 unspecified atom stereocenters. The van der Waals surface area contributed by atoms with E-state index in [0.717, 1.165) is 4.31 Å². The molecular weight excluding hydrogens is 318 g/mol. The van der Waals surface area contributed by atoms with Crippen molar-refractivity contribution in [3.05, 3.63) is 29.3 Å². The summed E-state index contributed by atoms with van der Waals surface area (Å²) in [7, 11) is -2.79. The lowest BCUT2D eigenvalue weighted by molar-refractivity contribution is -0.150. The molecule has 1 heterocycles. The van der Waals surface area contributed by atoms with E-state index in [-0.39, 0.29) is 22.9 Å². The summed E-state index contributed by atoms with van der Waals surface area (Å²) < 4.78 is 31.1. The fourth-order valence-corrected chi connectivity index (χ4v) is 4.62. The highest BCUT2D eigenvalue weighted by Gasteiger charge is 2.53. The molecule has 8 heteroatoms. The first-order chi connectivity index (χ1) is 9.71. The Morgan fingerprint density at radius 2 is 2.19 bits per heavy atom. The molecule has 2 rings (SSSR count). The number of aliphatic hydroxyl groups excluding tert-OH is 1. The van der Waals surface area contributed by atoms with Gasteiger partial charge in [0.2, 0.25) is 10.0 Å². The molecule has 1 aliphatic heterocycles. The van der Waals surface area contributed by atoms with Crippen molar-refractivity contribution in [2.24, 2.45) is 0 Å². The molecule has 0 saturated carbocycles. The van der Waals surface area contributed by atoms with Gasteiger partial charge in [-0.15, -0.1) is 0 Å². The van der Waals surface area contributed by atoms with Crippen LogP contribution in [0.1, 0.15) is 13.3 Å². The summed E-state index contributed by atoms with van der Waals surface area (Å²) in [5.41, 5.74) is -1.44. The number of rotatable bonds is 3. The van der Waals surface area contributed by atoms with Crippen molar-refractivity contribution in [2.75, 3.05) is 13.7 Å². The van der Waals surface area contributed by atoms with Gasteiger partial charge in [-0.2, -0.15) is 4.31 Å². The molecule has 0 aromatic heterocycles. The second-order valence-corrected chi connectivity index (χ2v) is 7.42. The number of nitrogens with zero attached hydrogens (tertiary/aromatic N) is 1. The van der Waals surface area contributed by atoms with E-state index in [1.807, 2.05) is 0 Å². The molecule has 1 aromatic carbocycles. The quantitative estimate of drug-likeness (QED) is 0.835. The summed E-state index contributed by atoms with van der Waals surface area (Å²) in [4.78, 5) is 11.9. The minimum absolute atomic E-state index is 0.0144. The summed E-state index contributed by atoms with van der Waals surface area (Å²) in [6, 6.07) is 5.76. The van der Waals surface area contributed by atoms with E-state index in [0.29, 0.717) is 0 Å². The Bertz CT molecular complexity index is 662. The second-order valence-electron chi connectivity index (χ2n) is 5.12. The van der Waals surface area contributed by atoms with Crippen molar-refractivity contribution >= 4 is 27.6 Å². The zero-order valence-corrected chi connectivity index (χ0v) is 13.2. The third-order valence-electron chi connectivity index (χ3n) is 3.57. The Balaban J connectivity index is 2.50. The zero-order chi connectivity index (χ0) is 15.8. The first kappa shape index (κ1) is 16.2. The maximum Gasteiger partial charge on any atom is 0.327 e. The summed E-state index contributed by atoms with van der Waals surface area (Å²) in [5, 5.41) is 10.1. The monoisotopic (exact) mass is 333 g/mol. The molecular formula is C13H16ClNO5S. The van der Waals surface area contributed by atoms with E-state index in [2.05, 4.69) is 4.74 Å². The van der Waals surface area contributed by atoms with Gasteiger partial charge in [-0.3, -0.25) is 4.79 Å². The van der Waals surface area contributed by atoms with Gasteiger partial charge in [0.05, 0.1) is 18.1 Å². The van der Waals surface area contributed by atoms with Gasteiger partial charge < -0.3 is 9.84 Å². The average Bonchev–Trinajstić information content (AvgIpc) is 2.75. The zero-order valence-electron chi connectivity index (χ0n) is 11.6. The first-order valence-corrected chi connectivity index (χ1v) is 8.08. The maximum atomic E-state index is 12.7. The highest BCUT2D eigenvalue weighted by Crippen LogP contribution is 2.36. The van der Waals surface area contributed by atoms with Crippen LogP contribution >= 0.6 is 11.6 Å². The number of aliphatic hydroxyl groups is 1. The fraction of sp³-hybridized carbons (Fsp3) is 0.462. The van der Waals surface area contributed by atoms with Gasteiger partial charge in [0.1, 0.15) is 5.54 Å². The second kappa shape index (κ2) is 5.57. The Morgan fingerprint density at radius 3 is 2.76 bits per heavy atom. The molecule has 0 radical (unpaired) electrons. The summed E-state index contributed by atoms with van der Waals surface area (Å²) in [5.74, 6) is -0.704. The number of hydrogen-bond acceptors (Lipinski definition) is 5. The lowest BCUT2D eigenvalue weighted by Gasteiger charge is -2.31. The Hall–Kier alpha value is -1.15. The molecule has 0 aliphatic carbocycles. The lowest BCUT2D eigenvalue weighted by Crippen LogP contribution is -2.51. The summed E-state index contributed by atoms with van der Waals surface area (Å²) in [6.45, 7) is 1.28. The number of hydrogen-bond donors (Lipinski definition) is 1. The largest absolute Gasteiger partial charge is 0.468 e. The predicted octanol–water partition coefficient (Wildman–Crippen LogP) is 1.03. The van der Waals surface area contributed by atoms with E-state index in [1.165, 1.54) is 32.2 Å². The number of β-amino-alcohol motifs (C(OH)–C–C–N with tert-alkyl or cyclic N) is 1. The summed E-state index contributed by atoms with van der Waals surface area (Å²) in [6.07, 6.45) is -0.942. The third-order valence-corrected chi connectivity index (χ3v) is 5.79. The number of ether oxygens (including phenoxy) is 1. The number of benzene rings is 1. The van der Waals surface area contributed by atoms with Crippen molar-refractivity contribution < 1.29 is 23.1 Å². The van der Waals surface area contributed by atoms with Gasteiger partial charge in [0.15, 0.2) is 0 Å². The van der Waals surface area contributed by atoms with Gasteiger partial charge in [0.25, 0.3) is 0 Å². The first-order valence-electron chi connectivity index (χ1n) is 6.26. The molecule has 0 spiro atoms.